The van der Waals surface area contributed by atoms with Crippen molar-refractivity contribution in [3.63, 3.8) is 0 Å². The van der Waals surface area contributed by atoms with Crippen molar-refractivity contribution in [1.29, 1.82) is 0 Å². The Morgan fingerprint density at radius 3 is 2.69 bits per heavy atom. The minimum absolute atomic E-state index is 0.298. The van der Waals surface area contributed by atoms with E-state index in [0.717, 1.165) is 15.6 Å². The molecule has 0 saturated heterocycles. The van der Waals surface area contributed by atoms with Gasteiger partial charge in [-0.3, -0.25) is 4.79 Å². The average Bonchev–Trinajstić information content (AvgIpc) is 2.74. The van der Waals surface area contributed by atoms with Crippen LogP contribution in [0.1, 0.15) is 16.1 Å². The van der Waals surface area contributed by atoms with Gasteiger partial charge < -0.3 is 4.42 Å². The Hall–Kier alpha value is -1.06. The summed E-state index contributed by atoms with van der Waals surface area (Å²) in [6, 6.07) is 7.11. The largest absolute Gasteiger partial charge is 0.453 e. The van der Waals surface area contributed by atoms with Crippen molar-refractivity contribution in [2.24, 2.45) is 0 Å². The molecule has 0 N–H and O–H groups in total. The van der Waals surface area contributed by atoms with Crippen LogP contribution in [0.5, 0.6) is 0 Å². The lowest BCUT2D eigenvalue weighted by atomic mass is 10.1. The van der Waals surface area contributed by atoms with Gasteiger partial charge in [0.05, 0.1) is 5.02 Å². The van der Waals surface area contributed by atoms with E-state index in [9.17, 15) is 4.79 Å². The van der Waals surface area contributed by atoms with Crippen LogP contribution in [-0.4, -0.2) is 6.29 Å². The lowest BCUT2D eigenvalue weighted by Gasteiger charge is -2.05. The van der Waals surface area contributed by atoms with Crippen molar-refractivity contribution in [1.82, 2.24) is 0 Å². The molecular weight excluding hydrogens is 291 g/mol. The van der Waals surface area contributed by atoms with Gasteiger partial charge in [-0.2, -0.15) is 0 Å². The van der Waals surface area contributed by atoms with Gasteiger partial charge in [-0.25, -0.2) is 0 Å². The number of furan rings is 1. The highest BCUT2D eigenvalue weighted by Gasteiger charge is 2.11. The molecule has 0 aliphatic heterocycles. The maximum atomic E-state index is 10.5. The predicted octanol–water partition coefficient (Wildman–Crippen LogP) is 4.48. The molecule has 0 aliphatic rings. The topological polar surface area (TPSA) is 30.2 Å². The Kier molecular flexibility index (Phi) is 3.17. The molecule has 0 saturated carbocycles. The fourth-order valence-corrected chi connectivity index (χ4v) is 2.12. The molecule has 4 heteroatoms. The van der Waals surface area contributed by atoms with Crippen LogP contribution in [-0.2, 0) is 0 Å². The van der Waals surface area contributed by atoms with E-state index in [1.807, 2.05) is 19.1 Å². The molecule has 0 radical (unpaired) electrons. The monoisotopic (exact) mass is 298 g/mol. The van der Waals surface area contributed by atoms with Gasteiger partial charge in [0.1, 0.15) is 5.76 Å². The van der Waals surface area contributed by atoms with E-state index in [-0.39, 0.29) is 0 Å². The van der Waals surface area contributed by atoms with Gasteiger partial charge in [-0.05, 0) is 36.8 Å². The van der Waals surface area contributed by atoms with E-state index >= 15 is 0 Å². The van der Waals surface area contributed by atoms with Crippen molar-refractivity contribution in [2.75, 3.05) is 0 Å². The van der Waals surface area contributed by atoms with E-state index < -0.39 is 0 Å². The number of halogens is 2. The van der Waals surface area contributed by atoms with Crippen LogP contribution >= 0.6 is 27.5 Å². The highest BCUT2D eigenvalue weighted by atomic mass is 79.9. The molecular formula is C12H8BrClO2. The number of rotatable bonds is 2. The number of hydrogen-bond acceptors (Lipinski definition) is 2. The minimum Gasteiger partial charge on any atom is -0.453 e. The third-order valence-electron chi connectivity index (χ3n) is 2.33. The van der Waals surface area contributed by atoms with Gasteiger partial charge in [-0.1, -0.05) is 27.5 Å². The third-order valence-corrected chi connectivity index (χ3v) is 3.67. The van der Waals surface area contributed by atoms with Crippen LogP contribution in [0, 0.1) is 6.92 Å². The Balaban J connectivity index is 2.56. The molecule has 82 valence electrons. The van der Waals surface area contributed by atoms with E-state index in [1.165, 1.54) is 0 Å². The predicted molar refractivity (Wildman–Crippen MR) is 67.0 cm³/mol. The first-order valence-electron chi connectivity index (χ1n) is 4.63. The summed E-state index contributed by atoms with van der Waals surface area (Å²) in [7, 11) is 0. The quantitative estimate of drug-likeness (QED) is 0.765. The van der Waals surface area contributed by atoms with E-state index in [2.05, 4.69) is 15.9 Å². The Morgan fingerprint density at radius 2 is 2.06 bits per heavy atom. The summed E-state index contributed by atoms with van der Waals surface area (Å²) >= 11 is 9.61. The van der Waals surface area contributed by atoms with E-state index in [0.29, 0.717) is 22.8 Å². The minimum atomic E-state index is 0.298. The number of benzene rings is 1. The van der Waals surface area contributed by atoms with Gasteiger partial charge in [0, 0.05) is 10.0 Å². The molecule has 0 spiro atoms. The molecule has 2 nitrogen and oxygen atoms in total. The molecule has 0 unspecified atom stereocenters. The zero-order valence-corrected chi connectivity index (χ0v) is 10.8. The van der Waals surface area contributed by atoms with Crippen LogP contribution in [0.15, 0.2) is 33.2 Å². The van der Waals surface area contributed by atoms with Crippen LogP contribution in [0.2, 0.25) is 5.02 Å². The van der Waals surface area contributed by atoms with Crippen molar-refractivity contribution < 1.29 is 9.21 Å². The summed E-state index contributed by atoms with van der Waals surface area (Å²) in [5.74, 6) is 0.898. The molecule has 1 heterocycles. The summed E-state index contributed by atoms with van der Waals surface area (Å²) in [4.78, 5) is 10.5. The molecule has 0 bridgehead atoms. The van der Waals surface area contributed by atoms with Crippen molar-refractivity contribution >= 4 is 33.8 Å². The molecule has 0 aliphatic carbocycles. The first-order chi connectivity index (χ1) is 7.63. The summed E-state index contributed by atoms with van der Waals surface area (Å²) in [6.45, 7) is 1.92. The van der Waals surface area contributed by atoms with Crippen molar-refractivity contribution in [2.45, 2.75) is 6.92 Å². The fraction of sp³-hybridized carbons (Fsp3) is 0.0833. The van der Waals surface area contributed by atoms with Crippen LogP contribution in [0.25, 0.3) is 11.3 Å². The van der Waals surface area contributed by atoms with Crippen LogP contribution in [0.3, 0.4) is 0 Å². The summed E-state index contributed by atoms with van der Waals surface area (Å²) in [5.41, 5.74) is 1.73. The van der Waals surface area contributed by atoms with Crippen LogP contribution < -0.4 is 0 Å². The Bertz CT molecular complexity index is 546. The molecule has 16 heavy (non-hydrogen) atoms. The van der Waals surface area contributed by atoms with E-state index in [1.54, 1.807) is 12.1 Å². The van der Waals surface area contributed by atoms with Gasteiger partial charge in [0.25, 0.3) is 0 Å². The number of aldehydes is 1. The molecule has 0 fully saturated rings. The second-order valence-corrected chi connectivity index (χ2v) is 4.59. The second-order valence-electron chi connectivity index (χ2n) is 3.35. The zero-order chi connectivity index (χ0) is 11.7. The molecule has 2 rings (SSSR count). The molecule has 0 amide bonds. The van der Waals surface area contributed by atoms with E-state index in [4.69, 9.17) is 16.0 Å². The number of hydrogen-bond donors (Lipinski definition) is 0. The lowest BCUT2D eigenvalue weighted by Crippen LogP contribution is -1.83. The van der Waals surface area contributed by atoms with Gasteiger partial charge in [0.2, 0.25) is 0 Å². The normalized spacial score (nSPS) is 10.4. The summed E-state index contributed by atoms with van der Waals surface area (Å²) < 4.78 is 6.27. The van der Waals surface area contributed by atoms with Gasteiger partial charge in [-0.15, -0.1) is 0 Å². The molecule has 1 aromatic carbocycles. The third kappa shape index (κ3) is 1.93. The zero-order valence-electron chi connectivity index (χ0n) is 8.46. The second kappa shape index (κ2) is 4.44. The summed E-state index contributed by atoms with van der Waals surface area (Å²) in [6.07, 6.45) is 0.670. The van der Waals surface area contributed by atoms with Gasteiger partial charge in [0.15, 0.2) is 12.0 Å². The smallest absolute Gasteiger partial charge is 0.185 e. The lowest BCUT2D eigenvalue weighted by molar-refractivity contribution is 0.110. The SMILES string of the molecule is Cc1c(Br)ccc(-c2ccc(C=O)o2)c1Cl. The van der Waals surface area contributed by atoms with Crippen molar-refractivity contribution in [3.8, 4) is 11.3 Å². The van der Waals surface area contributed by atoms with Gasteiger partial charge >= 0.3 is 0 Å². The van der Waals surface area contributed by atoms with Crippen molar-refractivity contribution in [3.05, 3.63) is 45.1 Å². The first-order valence-corrected chi connectivity index (χ1v) is 5.80. The number of carbonyl (C=O) groups is 1. The summed E-state index contributed by atoms with van der Waals surface area (Å²) in [5, 5.41) is 0.626. The fourth-order valence-electron chi connectivity index (χ4n) is 1.41. The van der Waals surface area contributed by atoms with Crippen LogP contribution in [0.4, 0.5) is 0 Å². The average molecular weight is 300 g/mol. The molecule has 1 aromatic heterocycles. The number of carbonyl (C=O) groups excluding carboxylic acids is 1. The molecule has 2 aromatic rings. The molecule has 0 atom stereocenters. The maximum absolute atomic E-state index is 10.5. The Labute approximate surface area is 106 Å². The standard InChI is InChI=1S/C12H8BrClO2/c1-7-10(13)4-3-9(12(7)14)11-5-2-8(6-15)16-11/h2-6H,1H3. The highest BCUT2D eigenvalue weighted by molar-refractivity contribution is 9.10. The Morgan fingerprint density at radius 1 is 1.31 bits per heavy atom. The first kappa shape index (κ1) is 11.4. The highest BCUT2D eigenvalue weighted by Crippen LogP contribution is 2.34. The maximum Gasteiger partial charge on any atom is 0.185 e.